The van der Waals surface area contributed by atoms with Crippen LogP contribution in [-0.2, 0) is 20.9 Å². The zero-order valence-corrected chi connectivity index (χ0v) is 15.1. The summed E-state index contributed by atoms with van der Waals surface area (Å²) in [6.45, 7) is 5.90. The third-order valence-electron chi connectivity index (χ3n) is 4.58. The van der Waals surface area contributed by atoms with Crippen molar-refractivity contribution in [2.75, 3.05) is 25.1 Å². The predicted molar refractivity (Wildman–Crippen MR) is 97.9 cm³/mol. The Morgan fingerprint density at radius 1 is 1.28 bits per heavy atom. The molecule has 6 heteroatoms. The fourth-order valence-corrected chi connectivity index (χ4v) is 3.00. The van der Waals surface area contributed by atoms with Crippen LogP contribution in [0.4, 0.5) is 5.69 Å². The molecule has 2 rings (SSSR count). The highest BCUT2D eigenvalue weighted by molar-refractivity contribution is 5.90. The van der Waals surface area contributed by atoms with Crippen LogP contribution in [0, 0.1) is 11.3 Å². The molecule has 0 bridgehead atoms. The topological polar surface area (TPSA) is 93.5 Å². The second kappa shape index (κ2) is 8.97. The number of nitrogens with two attached hydrogens (primary N) is 1. The van der Waals surface area contributed by atoms with E-state index in [-0.39, 0.29) is 11.8 Å². The Bertz CT molecular complexity index is 595. The van der Waals surface area contributed by atoms with E-state index in [2.05, 4.69) is 10.6 Å². The van der Waals surface area contributed by atoms with E-state index >= 15 is 0 Å². The van der Waals surface area contributed by atoms with Gasteiger partial charge in [0, 0.05) is 38.4 Å². The Morgan fingerprint density at radius 3 is 2.64 bits per heavy atom. The van der Waals surface area contributed by atoms with Crippen molar-refractivity contribution in [1.29, 1.82) is 0 Å². The molecule has 0 aliphatic carbocycles. The maximum absolute atomic E-state index is 12.6. The standard InChI is InChI=1S/C19H29N3O3/c1-14(2)10-17(23)22-16-5-3-4-15(11-16)12-21-18(24)19(13-20)6-8-25-9-7-19/h3-5,11,14H,6-10,12-13,20H2,1-2H3,(H,21,24)(H,22,23). The number of hydrogen-bond donors (Lipinski definition) is 3. The molecule has 1 aliphatic rings. The molecule has 0 atom stereocenters. The highest BCUT2D eigenvalue weighted by Crippen LogP contribution is 2.29. The van der Waals surface area contributed by atoms with Gasteiger partial charge in [-0.15, -0.1) is 0 Å². The summed E-state index contributed by atoms with van der Waals surface area (Å²) < 4.78 is 5.34. The first kappa shape index (κ1) is 19.4. The van der Waals surface area contributed by atoms with Gasteiger partial charge in [-0.25, -0.2) is 0 Å². The Kier molecular flexibility index (Phi) is 6.96. The van der Waals surface area contributed by atoms with Gasteiger partial charge in [0.2, 0.25) is 11.8 Å². The number of ether oxygens (including phenoxy) is 1. The van der Waals surface area contributed by atoms with E-state index in [0.717, 1.165) is 11.3 Å². The lowest BCUT2D eigenvalue weighted by atomic mass is 9.79. The highest BCUT2D eigenvalue weighted by atomic mass is 16.5. The first-order valence-electron chi connectivity index (χ1n) is 8.90. The van der Waals surface area contributed by atoms with E-state index < -0.39 is 5.41 Å². The molecule has 1 aromatic carbocycles. The number of carbonyl (C=O) groups is 2. The van der Waals surface area contributed by atoms with Crippen molar-refractivity contribution in [3.8, 4) is 0 Å². The number of rotatable bonds is 7. The molecular weight excluding hydrogens is 318 g/mol. The molecule has 1 fully saturated rings. The van der Waals surface area contributed by atoms with Gasteiger partial charge in [0.1, 0.15) is 0 Å². The first-order valence-corrected chi connectivity index (χ1v) is 8.90. The van der Waals surface area contributed by atoms with Crippen molar-refractivity contribution in [2.45, 2.75) is 39.7 Å². The summed E-state index contributed by atoms with van der Waals surface area (Å²) in [4.78, 5) is 24.5. The van der Waals surface area contributed by atoms with Gasteiger partial charge in [-0.3, -0.25) is 9.59 Å². The van der Waals surface area contributed by atoms with Gasteiger partial charge in [-0.2, -0.15) is 0 Å². The van der Waals surface area contributed by atoms with E-state index in [9.17, 15) is 9.59 Å². The number of anilines is 1. The lowest BCUT2D eigenvalue weighted by Crippen LogP contribution is -2.48. The molecule has 0 saturated carbocycles. The summed E-state index contributed by atoms with van der Waals surface area (Å²) in [5.74, 6) is 0.294. The number of carbonyl (C=O) groups excluding carboxylic acids is 2. The second-order valence-electron chi connectivity index (χ2n) is 7.13. The predicted octanol–water partition coefficient (Wildman–Crippen LogP) is 2.04. The van der Waals surface area contributed by atoms with Crippen LogP contribution in [0.25, 0.3) is 0 Å². The summed E-state index contributed by atoms with van der Waals surface area (Å²) in [5.41, 5.74) is 7.02. The van der Waals surface area contributed by atoms with Crippen molar-refractivity contribution in [3.05, 3.63) is 29.8 Å². The third-order valence-corrected chi connectivity index (χ3v) is 4.58. The second-order valence-corrected chi connectivity index (χ2v) is 7.13. The quantitative estimate of drug-likeness (QED) is 0.704. The van der Waals surface area contributed by atoms with Gasteiger partial charge in [-0.05, 0) is 36.5 Å². The third kappa shape index (κ3) is 5.54. The molecule has 0 radical (unpaired) electrons. The van der Waals surface area contributed by atoms with Gasteiger partial charge >= 0.3 is 0 Å². The molecule has 2 amide bonds. The van der Waals surface area contributed by atoms with Crippen LogP contribution >= 0.6 is 0 Å². The van der Waals surface area contributed by atoms with Gasteiger partial charge in [0.05, 0.1) is 5.41 Å². The van der Waals surface area contributed by atoms with Crippen molar-refractivity contribution < 1.29 is 14.3 Å². The Morgan fingerprint density at radius 2 is 2.00 bits per heavy atom. The van der Waals surface area contributed by atoms with Gasteiger partial charge < -0.3 is 21.1 Å². The van der Waals surface area contributed by atoms with E-state index in [4.69, 9.17) is 10.5 Å². The maximum atomic E-state index is 12.6. The Labute approximate surface area is 149 Å². The van der Waals surface area contributed by atoms with E-state index in [1.165, 1.54) is 0 Å². The molecular formula is C19H29N3O3. The molecule has 4 N–H and O–H groups in total. The van der Waals surface area contributed by atoms with Crippen LogP contribution < -0.4 is 16.4 Å². The largest absolute Gasteiger partial charge is 0.381 e. The molecule has 0 spiro atoms. The minimum atomic E-state index is -0.526. The molecule has 1 heterocycles. The van der Waals surface area contributed by atoms with E-state index in [1.54, 1.807) is 0 Å². The summed E-state index contributed by atoms with van der Waals surface area (Å²) in [7, 11) is 0. The SMILES string of the molecule is CC(C)CC(=O)Nc1cccc(CNC(=O)C2(CN)CCOCC2)c1. The number of amides is 2. The molecule has 1 saturated heterocycles. The van der Waals surface area contributed by atoms with Gasteiger partial charge in [0.15, 0.2) is 0 Å². The number of hydrogen-bond acceptors (Lipinski definition) is 4. The van der Waals surface area contributed by atoms with Crippen molar-refractivity contribution in [2.24, 2.45) is 17.1 Å². The lowest BCUT2D eigenvalue weighted by molar-refractivity contribution is -0.136. The smallest absolute Gasteiger partial charge is 0.227 e. The van der Waals surface area contributed by atoms with Crippen molar-refractivity contribution in [3.63, 3.8) is 0 Å². The molecule has 0 aromatic heterocycles. The molecule has 25 heavy (non-hydrogen) atoms. The van der Waals surface area contributed by atoms with Crippen molar-refractivity contribution >= 4 is 17.5 Å². The van der Waals surface area contributed by atoms with Crippen molar-refractivity contribution in [1.82, 2.24) is 5.32 Å². The summed E-state index contributed by atoms with van der Waals surface area (Å²) in [6.07, 6.45) is 1.79. The van der Waals surface area contributed by atoms with Crippen LogP contribution in [0.2, 0.25) is 0 Å². The van der Waals surface area contributed by atoms with Crippen LogP contribution in [0.3, 0.4) is 0 Å². The first-order chi connectivity index (χ1) is 11.9. The maximum Gasteiger partial charge on any atom is 0.227 e. The fraction of sp³-hybridized carbons (Fsp3) is 0.579. The summed E-state index contributed by atoms with van der Waals surface area (Å²) in [6, 6.07) is 7.54. The molecule has 1 aliphatic heterocycles. The van der Waals surface area contributed by atoms with Crippen LogP contribution in [0.1, 0.15) is 38.7 Å². The number of nitrogens with one attached hydrogen (secondary N) is 2. The lowest BCUT2D eigenvalue weighted by Gasteiger charge is -2.34. The minimum Gasteiger partial charge on any atom is -0.381 e. The molecule has 1 aromatic rings. The van der Waals surface area contributed by atoms with E-state index in [1.807, 2.05) is 38.1 Å². The molecule has 138 valence electrons. The average Bonchev–Trinajstić information content (AvgIpc) is 2.59. The normalized spacial score (nSPS) is 16.5. The van der Waals surface area contributed by atoms with Crippen LogP contribution in [-0.4, -0.2) is 31.6 Å². The average molecular weight is 347 g/mol. The monoisotopic (exact) mass is 347 g/mol. The molecule has 6 nitrogen and oxygen atoms in total. The number of benzene rings is 1. The zero-order valence-electron chi connectivity index (χ0n) is 15.1. The van der Waals surface area contributed by atoms with Crippen LogP contribution in [0.15, 0.2) is 24.3 Å². The van der Waals surface area contributed by atoms with Gasteiger partial charge in [0.25, 0.3) is 0 Å². The highest BCUT2D eigenvalue weighted by Gasteiger charge is 2.38. The summed E-state index contributed by atoms with van der Waals surface area (Å²) in [5, 5.41) is 5.88. The Balaban J connectivity index is 1.93. The Hall–Kier alpha value is -1.92. The van der Waals surface area contributed by atoms with Gasteiger partial charge in [-0.1, -0.05) is 26.0 Å². The zero-order chi connectivity index (χ0) is 18.3. The fourth-order valence-electron chi connectivity index (χ4n) is 3.00. The minimum absolute atomic E-state index is 0.000441. The van der Waals surface area contributed by atoms with E-state index in [0.29, 0.717) is 51.5 Å². The summed E-state index contributed by atoms with van der Waals surface area (Å²) >= 11 is 0. The molecule has 0 unspecified atom stereocenters. The van der Waals surface area contributed by atoms with Crippen LogP contribution in [0.5, 0.6) is 0 Å².